The van der Waals surface area contributed by atoms with Crippen molar-refractivity contribution in [2.75, 3.05) is 20.3 Å². The molecule has 0 fully saturated rings. The molecule has 0 aromatic heterocycles. The van der Waals surface area contributed by atoms with Gasteiger partial charge in [-0.1, -0.05) is 12.1 Å². The summed E-state index contributed by atoms with van der Waals surface area (Å²) in [6.45, 7) is 1.23. The van der Waals surface area contributed by atoms with Crippen LogP contribution in [0.4, 0.5) is 5.69 Å². The van der Waals surface area contributed by atoms with Gasteiger partial charge in [-0.2, -0.15) is 0 Å². The van der Waals surface area contributed by atoms with Gasteiger partial charge in [0.05, 0.1) is 17.1 Å². The highest BCUT2D eigenvalue weighted by Gasteiger charge is 2.15. The van der Waals surface area contributed by atoms with Crippen molar-refractivity contribution in [1.82, 2.24) is 5.32 Å². The Kier molecular flexibility index (Phi) is 7.14. The molecule has 0 saturated heterocycles. The van der Waals surface area contributed by atoms with Gasteiger partial charge in [0.25, 0.3) is 11.6 Å². The molecule has 2 aromatic carbocycles. The fraction of sp³-hybridized carbons (Fsp3) is 0.235. The molecule has 1 N–H and O–H groups in total. The highest BCUT2D eigenvalue weighted by Crippen LogP contribution is 2.20. The quantitative estimate of drug-likeness (QED) is 0.285. The van der Waals surface area contributed by atoms with Crippen LogP contribution in [0.3, 0.4) is 0 Å². The summed E-state index contributed by atoms with van der Waals surface area (Å²) < 4.78 is 11.1. The predicted molar refractivity (Wildman–Crippen MR) is 101 cm³/mol. The maximum absolute atomic E-state index is 12.3. The lowest BCUT2D eigenvalue weighted by Crippen LogP contribution is -2.23. The van der Waals surface area contributed by atoms with Crippen molar-refractivity contribution in [3.05, 3.63) is 67.3 Å². The second-order valence-corrected chi connectivity index (χ2v) is 6.25. The molecule has 2 rings (SSSR count). The van der Waals surface area contributed by atoms with Crippen LogP contribution in [-0.4, -0.2) is 31.2 Å². The van der Waals surface area contributed by atoms with Crippen LogP contribution in [0, 0.1) is 13.7 Å². The van der Waals surface area contributed by atoms with E-state index in [-0.39, 0.29) is 17.2 Å². The number of methoxy groups -OCH3 is 1. The first-order valence-corrected chi connectivity index (χ1v) is 8.52. The fourth-order valence-corrected chi connectivity index (χ4v) is 2.65. The standard InChI is InChI=1S/C17H17IN2O5/c1-24-7-8-25-14-4-2-3-12(9-14)11-19-17(21)15-10-13(20(22)23)5-6-16(15)18/h2-6,9-10H,7-8,11H2,1H3,(H,19,21). The fourth-order valence-electron chi connectivity index (χ4n) is 2.07. The topological polar surface area (TPSA) is 90.7 Å². The highest BCUT2D eigenvalue weighted by atomic mass is 127. The van der Waals surface area contributed by atoms with E-state index in [1.54, 1.807) is 13.2 Å². The summed E-state index contributed by atoms with van der Waals surface area (Å²) in [6.07, 6.45) is 0. The number of ether oxygens (including phenoxy) is 2. The minimum Gasteiger partial charge on any atom is -0.491 e. The third-order valence-corrected chi connectivity index (χ3v) is 4.25. The van der Waals surface area contributed by atoms with E-state index < -0.39 is 4.92 Å². The van der Waals surface area contributed by atoms with Crippen LogP contribution in [-0.2, 0) is 11.3 Å². The first kappa shape index (κ1) is 19.1. The Bertz CT molecular complexity index is 766. The van der Waals surface area contributed by atoms with Gasteiger partial charge < -0.3 is 14.8 Å². The van der Waals surface area contributed by atoms with Crippen molar-refractivity contribution in [3.63, 3.8) is 0 Å². The SMILES string of the molecule is COCCOc1cccc(CNC(=O)c2cc([N+](=O)[O-])ccc2I)c1. The molecule has 0 unspecified atom stereocenters. The number of hydrogen-bond acceptors (Lipinski definition) is 5. The molecule has 7 nitrogen and oxygen atoms in total. The molecule has 132 valence electrons. The first-order valence-electron chi connectivity index (χ1n) is 7.44. The third-order valence-electron chi connectivity index (χ3n) is 3.31. The molecule has 0 radical (unpaired) electrons. The monoisotopic (exact) mass is 456 g/mol. The molecule has 0 atom stereocenters. The van der Waals surface area contributed by atoms with E-state index in [9.17, 15) is 14.9 Å². The lowest BCUT2D eigenvalue weighted by atomic mass is 10.1. The second-order valence-electron chi connectivity index (χ2n) is 5.09. The van der Waals surface area contributed by atoms with Gasteiger partial charge in [-0.3, -0.25) is 14.9 Å². The number of hydrogen-bond donors (Lipinski definition) is 1. The molecule has 2 aromatic rings. The maximum atomic E-state index is 12.3. The Labute approximate surface area is 158 Å². The number of carbonyl (C=O) groups excluding carboxylic acids is 1. The van der Waals surface area contributed by atoms with Crippen molar-refractivity contribution in [3.8, 4) is 5.75 Å². The van der Waals surface area contributed by atoms with Crippen LogP contribution in [0.15, 0.2) is 42.5 Å². The molecule has 25 heavy (non-hydrogen) atoms. The number of nitrogens with zero attached hydrogens (tertiary/aromatic N) is 1. The van der Waals surface area contributed by atoms with Gasteiger partial charge in [0.15, 0.2) is 0 Å². The molecule has 0 aliphatic carbocycles. The highest BCUT2D eigenvalue weighted by molar-refractivity contribution is 14.1. The third kappa shape index (κ3) is 5.68. The van der Waals surface area contributed by atoms with Gasteiger partial charge in [-0.05, 0) is 46.4 Å². The van der Waals surface area contributed by atoms with E-state index in [0.717, 1.165) is 5.56 Å². The van der Waals surface area contributed by atoms with Crippen LogP contribution >= 0.6 is 22.6 Å². The zero-order chi connectivity index (χ0) is 18.2. The lowest BCUT2D eigenvalue weighted by Gasteiger charge is -2.09. The Morgan fingerprint density at radius 1 is 1.24 bits per heavy atom. The second kappa shape index (κ2) is 9.33. The minimum absolute atomic E-state index is 0.112. The zero-order valence-corrected chi connectivity index (χ0v) is 15.7. The summed E-state index contributed by atoms with van der Waals surface area (Å²) in [6, 6.07) is 11.6. The number of carbonyl (C=O) groups is 1. The van der Waals surface area contributed by atoms with Gasteiger partial charge in [-0.25, -0.2) is 0 Å². The van der Waals surface area contributed by atoms with Gasteiger partial charge >= 0.3 is 0 Å². The van der Waals surface area contributed by atoms with Crippen molar-refractivity contribution in [2.45, 2.75) is 6.54 Å². The Morgan fingerprint density at radius 2 is 2.04 bits per heavy atom. The largest absolute Gasteiger partial charge is 0.491 e. The van der Waals surface area contributed by atoms with E-state index in [0.29, 0.717) is 29.1 Å². The van der Waals surface area contributed by atoms with Gasteiger partial charge in [-0.15, -0.1) is 0 Å². The first-order chi connectivity index (χ1) is 12.0. The van der Waals surface area contributed by atoms with Crippen LogP contribution in [0.2, 0.25) is 0 Å². The predicted octanol–water partition coefficient (Wildman–Crippen LogP) is 3.15. The van der Waals surface area contributed by atoms with Crippen molar-refractivity contribution in [2.24, 2.45) is 0 Å². The molecule has 0 bridgehead atoms. The molecule has 1 amide bonds. The van der Waals surface area contributed by atoms with Crippen molar-refractivity contribution < 1.29 is 19.2 Å². The van der Waals surface area contributed by atoms with Crippen molar-refractivity contribution >= 4 is 34.2 Å². The molecular weight excluding hydrogens is 439 g/mol. The maximum Gasteiger partial charge on any atom is 0.270 e. The van der Waals surface area contributed by atoms with E-state index in [1.807, 2.05) is 46.9 Å². The number of halogens is 1. The normalized spacial score (nSPS) is 10.3. The molecule has 0 saturated carbocycles. The molecule has 8 heteroatoms. The minimum atomic E-state index is -0.520. The smallest absolute Gasteiger partial charge is 0.270 e. The Balaban J connectivity index is 2.01. The summed E-state index contributed by atoms with van der Waals surface area (Å²) in [5.74, 6) is 0.326. The van der Waals surface area contributed by atoms with Crippen molar-refractivity contribution in [1.29, 1.82) is 0 Å². The average molecular weight is 456 g/mol. The number of nitro groups is 1. The number of nitro benzene ring substituents is 1. The summed E-state index contributed by atoms with van der Waals surface area (Å²) in [5, 5.41) is 13.6. The van der Waals surface area contributed by atoms with E-state index in [4.69, 9.17) is 9.47 Å². The van der Waals surface area contributed by atoms with Crippen LogP contribution in [0.25, 0.3) is 0 Å². The van der Waals surface area contributed by atoms with Crippen LogP contribution in [0.1, 0.15) is 15.9 Å². The van der Waals surface area contributed by atoms with Crippen LogP contribution < -0.4 is 10.1 Å². The lowest BCUT2D eigenvalue weighted by molar-refractivity contribution is -0.384. The molecule has 0 spiro atoms. The summed E-state index contributed by atoms with van der Waals surface area (Å²) in [4.78, 5) is 22.7. The number of non-ortho nitro benzene ring substituents is 1. The molecule has 0 aliphatic heterocycles. The van der Waals surface area contributed by atoms with Crippen LogP contribution in [0.5, 0.6) is 5.75 Å². The van der Waals surface area contributed by atoms with Gasteiger partial charge in [0.1, 0.15) is 12.4 Å². The molecule has 0 heterocycles. The summed E-state index contributed by atoms with van der Waals surface area (Å²) in [7, 11) is 1.60. The van der Waals surface area contributed by atoms with Gasteiger partial charge in [0, 0.05) is 29.4 Å². The van der Waals surface area contributed by atoms with E-state index >= 15 is 0 Å². The summed E-state index contributed by atoms with van der Waals surface area (Å²) in [5.41, 5.74) is 1.03. The average Bonchev–Trinajstić information content (AvgIpc) is 2.60. The molecular formula is C17H17IN2O5. The van der Waals surface area contributed by atoms with Gasteiger partial charge in [0.2, 0.25) is 0 Å². The number of rotatable bonds is 8. The molecule has 0 aliphatic rings. The Hall–Kier alpha value is -2.20. The number of amides is 1. The zero-order valence-electron chi connectivity index (χ0n) is 13.5. The number of benzene rings is 2. The van der Waals surface area contributed by atoms with E-state index in [1.165, 1.54) is 12.1 Å². The number of nitrogens with one attached hydrogen (secondary N) is 1. The Morgan fingerprint density at radius 3 is 2.76 bits per heavy atom. The summed E-state index contributed by atoms with van der Waals surface area (Å²) >= 11 is 1.98. The van der Waals surface area contributed by atoms with E-state index in [2.05, 4.69) is 5.32 Å².